The lowest BCUT2D eigenvalue weighted by molar-refractivity contribution is -0.272. The standard InChI is InChI=1S/C19H26F3N5O2.HI/c1-4-23-17(26-13-14-7-5-6-8-15(14)29-3)25-10-9-18(28,19(20,21)22)16-24-11-12-27(16)2;/h5-8,11-12,28H,4,9-10,13H2,1-3H3,(H2,23,25,26);1H. The number of guanidine groups is 1. The summed E-state index contributed by atoms with van der Waals surface area (Å²) in [6, 6.07) is 7.35. The Kier molecular flexibility index (Phi) is 9.88. The summed E-state index contributed by atoms with van der Waals surface area (Å²) in [5.41, 5.74) is -2.23. The van der Waals surface area contributed by atoms with Crippen LogP contribution in [0, 0.1) is 0 Å². The molecular weight excluding hydrogens is 514 g/mol. The minimum atomic E-state index is -4.87. The van der Waals surface area contributed by atoms with Gasteiger partial charge in [0.05, 0.1) is 13.7 Å². The van der Waals surface area contributed by atoms with Gasteiger partial charge in [0.1, 0.15) is 11.6 Å². The first kappa shape index (κ1) is 26.0. The Morgan fingerprint density at radius 2 is 1.97 bits per heavy atom. The van der Waals surface area contributed by atoms with Crippen molar-refractivity contribution in [3.8, 4) is 5.75 Å². The minimum Gasteiger partial charge on any atom is -0.496 e. The number of methoxy groups -OCH3 is 1. The van der Waals surface area contributed by atoms with Gasteiger partial charge >= 0.3 is 6.18 Å². The number of aryl methyl sites for hydroxylation is 1. The number of hydrogen-bond donors (Lipinski definition) is 3. The Hall–Kier alpha value is -2.02. The van der Waals surface area contributed by atoms with Gasteiger partial charge in [0.25, 0.3) is 0 Å². The van der Waals surface area contributed by atoms with E-state index >= 15 is 0 Å². The van der Waals surface area contributed by atoms with Gasteiger partial charge < -0.3 is 25.0 Å². The number of para-hydroxylation sites is 1. The molecule has 0 amide bonds. The average Bonchev–Trinajstić information content (AvgIpc) is 3.11. The van der Waals surface area contributed by atoms with Gasteiger partial charge in [-0.15, -0.1) is 24.0 Å². The summed E-state index contributed by atoms with van der Waals surface area (Å²) in [7, 11) is 2.97. The molecule has 1 unspecified atom stereocenters. The van der Waals surface area contributed by atoms with Gasteiger partial charge in [0.15, 0.2) is 5.96 Å². The molecule has 1 aromatic carbocycles. The van der Waals surface area contributed by atoms with E-state index < -0.39 is 24.0 Å². The summed E-state index contributed by atoms with van der Waals surface area (Å²) < 4.78 is 47.2. The zero-order valence-electron chi connectivity index (χ0n) is 17.0. The highest BCUT2D eigenvalue weighted by Crippen LogP contribution is 2.40. The van der Waals surface area contributed by atoms with Crippen molar-refractivity contribution in [2.45, 2.75) is 31.7 Å². The Bertz CT molecular complexity index is 828. The molecule has 0 radical (unpaired) electrons. The lowest BCUT2D eigenvalue weighted by Gasteiger charge is -2.30. The molecule has 2 aromatic rings. The molecule has 7 nitrogen and oxygen atoms in total. The van der Waals surface area contributed by atoms with Crippen molar-refractivity contribution in [2.24, 2.45) is 12.0 Å². The largest absolute Gasteiger partial charge is 0.496 e. The molecule has 168 valence electrons. The first-order chi connectivity index (χ1) is 13.7. The molecule has 0 aliphatic heterocycles. The van der Waals surface area contributed by atoms with Crippen LogP contribution in [0.15, 0.2) is 41.7 Å². The molecule has 30 heavy (non-hydrogen) atoms. The van der Waals surface area contributed by atoms with E-state index in [0.29, 0.717) is 18.3 Å². The van der Waals surface area contributed by atoms with E-state index in [1.165, 1.54) is 19.4 Å². The van der Waals surface area contributed by atoms with Crippen molar-refractivity contribution in [2.75, 3.05) is 20.2 Å². The molecule has 0 fully saturated rings. The van der Waals surface area contributed by atoms with Crippen LogP contribution >= 0.6 is 24.0 Å². The van der Waals surface area contributed by atoms with Crippen molar-refractivity contribution in [1.29, 1.82) is 0 Å². The number of rotatable bonds is 8. The molecule has 11 heteroatoms. The van der Waals surface area contributed by atoms with Crippen molar-refractivity contribution >= 4 is 29.9 Å². The summed E-state index contributed by atoms with van der Waals surface area (Å²) in [6.45, 7) is 2.49. The van der Waals surface area contributed by atoms with E-state index in [0.717, 1.165) is 10.1 Å². The van der Waals surface area contributed by atoms with Crippen molar-refractivity contribution < 1.29 is 23.0 Å². The number of ether oxygens (including phenoxy) is 1. The molecule has 0 aliphatic carbocycles. The van der Waals surface area contributed by atoms with E-state index in [4.69, 9.17) is 4.74 Å². The normalized spacial score (nSPS) is 13.9. The van der Waals surface area contributed by atoms with Gasteiger partial charge in [0, 0.05) is 44.5 Å². The third-order valence-electron chi connectivity index (χ3n) is 4.38. The number of benzene rings is 1. The van der Waals surface area contributed by atoms with Crippen molar-refractivity contribution in [3.63, 3.8) is 0 Å². The summed E-state index contributed by atoms with van der Waals surface area (Å²) in [6.07, 6.45) is -2.92. The molecule has 1 heterocycles. The molecule has 0 aliphatic rings. The van der Waals surface area contributed by atoms with E-state index in [-0.39, 0.29) is 37.1 Å². The van der Waals surface area contributed by atoms with Crippen LogP contribution in [0.4, 0.5) is 13.2 Å². The first-order valence-electron chi connectivity index (χ1n) is 9.14. The summed E-state index contributed by atoms with van der Waals surface area (Å²) >= 11 is 0. The highest BCUT2D eigenvalue weighted by molar-refractivity contribution is 14.0. The van der Waals surface area contributed by atoms with Gasteiger partial charge in [-0.1, -0.05) is 18.2 Å². The van der Waals surface area contributed by atoms with Crippen LogP contribution in [0.5, 0.6) is 5.75 Å². The third-order valence-corrected chi connectivity index (χ3v) is 4.38. The lowest BCUT2D eigenvalue weighted by atomic mass is 9.97. The molecule has 0 spiro atoms. The summed E-state index contributed by atoms with van der Waals surface area (Å²) in [5, 5.41) is 16.2. The Balaban J connectivity index is 0.00000450. The zero-order valence-corrected chi connectivity index (χ0v) is 19.4. The monoisotopic (exact) mass is 541 g/mol. The van der Waals surface area contributed by atoms with E-state index in [2.05, 4.69) is 20.6 Å². The van der Waals surface area contributed by atoms with Gasteiger partial charge in [-0.3, -0.25) is 0 Å². The predicted octanol–water partition coefficient (Wildman–Crippen LogP) is 2.94. The number of hydrogen-bond acceptors (Lipinski definition) is 4. The van der Waals surface area contributed by atoms with Gasteiger partial charge in [-0.05, 0) is 13.0 Å². The quantitative estimate of drug-likeness (QED) is 0.272. The number of nitrogens with zero attached hydrogens (tertiary/aromatic N) is 3. The van der Waals surface area contributed by atoms with E-state index in [1.807, 2.05) is 31.2 Å². The Labute approximate surface area is 190 Å². The molecule has 1 aromatic heterocycles. The second-order valence-corrected chi connectivity index (χ2v) is 6.40. The van der Waals surface area contributed by atoms with Crippen molar-refractivity contribution in [3.05, 3.63) is 48.0 Å². The second-order valence-electron chi connectivity index (χ2n) is 6.40. The number of aliphatic imine (C=N–C) groups is 1. The molecule has 3 N–H and O–H groups in total. The third kappa shape index (κ3) is 6.24. The number of nitrogens with one attached hydrogen (secondary N) is 2. The molecule has 0 saturated carbocycles. The van der Waals surface area contributed by atoms with E-state index in [1.54, 1.807) is 7.11 Å². The number of imidazole rings is 1. The van der Waals surface area contributed by atoms with Crippen LogP contribution in [-0.4, -0.2) is 47.0 Å². The average molecular weight is 541 g/mol. The number of aliphatic hydroxyl groups is 1. The molecule has 0 bridgehead atoms. The number of alkyl halides is 3. The van der Waals surface area contributed by atoms with Gasteiger partial charge in [-0.2, -0.15) is 13.2 Å². The fourth-order valence-electron chi connectivity index (χ4n) is 2.85. The maximum Gasteiger partial charge on any atom is 0.424 e. The zero-order chi connectivity index (χ0) is 21.5. The SMILES string of the molecule is CCNC(=NCc1ccccc1OC)NCCC(O)(c1nccn1C)C(F)(F)F.I. The fraction of sp³-hybridized carbons (Fsp3) is 0.474. The van der Waals surface area contributed by atoms with Gasteiger partial charge in [0.2, 0.25) is 5.60 Å². The first-order valence-corrected chi connectivity index (χ1v) is 9.14. The number of aromatic nitrogens is 2. The van der Waals surface area contributed by atoms with Crippen LogP contribution in [-0.2, 0) is 19.2 Å². The molecular formula is C19H27F3IN5O2. The van der Waals surface area contributed by atoms with Crippen LogP contribution in [0.2, 0.25) is 0 Å². The Morgan fingerprint density at radius 3 is 2.53 bits per heavy atom. The lowest BCUT2D eigenvalue weighted by Crippen LogP contribution is -2.47. The summed E-state index contributed by atoms with van der Waals surface area (Å²) in [5.74, 6) is 0.554. The maximum atomic E-state index is 13.6. The minimum absolute atomic E-state index is 0. The highest BCUT2D eigenvalue weighted by Gasteiger charge is 2.57. The van der Waals surface area contributed by atoms with Crippen LogP contribution in [0.25, 0.3) is 0 Å². The maximum absolute atomic E-state index is 13.6. The molecule has 0 saturated heterocycles. The molecule has 1 atom stereocenters. The van der Waals surface area contributed by atoms with Crippen LogP contribution in [0.3, 0.4) is 0 Å². The second kappa shape index (κ2) is 11.4. The fourth-order valence-corrected chi connectivity index (χ4v) is 2.85. The smallest absolute Gasteiger partial charge is 0.424 e. The number of halogens is 4. The molecule has 2 rings (SSSR count). The van der Waals surface area contributed by atoms with Crippen LogP contribution < -0.4 is 15.4 Å². The summed E-state index contributed by atoms with van der Waals surface area (Å²) in [4.78, 5) is 8.07. The topological polar surface area (TPSA) is 83.7 Å². The predicted molar refractivity (Wildman–Crippen MR) is 119 cm³/mol. The van der Waals surface area contributed by atoms with Crippen LogP contribution in [0.1, 0.15) is 24.7 Å². The van der Waals surface area contributed by atoms with E-state index in [9.17, 15) is 18.3 Å². The highest BCUT2D eigenvalue weighted by atomic mass is 127. The van der Waals surface area contributed by atoms with Crippen molar-refractivity contribution in [1.82, 2.24) is 20.2 Å². The Morgan fingerprint density at radius 1 is 1.27 bits per heavy atom. The van der Waals surface area contributed by atoms with Gasteiger partial charge in [-0.25, -0.2) is 9.98 Å².